The fourth-order valence-corrected chi connectivity index (χ4v) is 1.71. The molecule has 1 aliphatic carbocycles. The number of hydrogen-bond donors (Lipinski definition) is 2. The molecule has 1 aliphatic rings. The second kappa shape index (κ2) is 5.35. The first kappa shape index (κ1) is 13.0. The van der Waals surface area contributed by atoms with Crippen LogP contribution < -0.4 is 5.32 Å². The van der Waals surface area contributed by atoms with Crippen LogP contribution in [0.4, 0.5) is 0 Å². The predicted octanol–water partition coefficient (Wildman–Crippen LogP) is 2.92. The number of hydrogen-bond acceptors (Lipinski definition) is 2. The fourth-order valence-electron chi connectivity index (χ4n) is 1.71. The molecule has 0 aliphatic heterocycles. The maximum atomic E-state index is 8.79. The number of aliphatic hydroxyl groups is 1. The predicted molar refractivity (Wildman–Crippen MR) is 69.1 cm³/mol. The Morgan fingerprint density at radius 3 is 2.56 bits per heavy atom. The monoisotopic (exact) mass is 221 g/mol. The van der Waals surface area contributed by atoms with Crippen LogP contribution >= 0.6 is 0 Å². The van der Waals surface area contributed by atoms with Crippen LogP contribution in [0.3, 0.4) is 0 Å². The minimum Gasteiger partial charge on any atom is -0.396 e. The molecule has 0 atom stereocenters. The van der Waals surface area contributed by atoms with Crippen LogP contribution in [0.2, 0.25) is 0 Å². The van der Waals surface area contributed by atoms with Crippen molar-refractivity contribution in [1.29, 1.82) is 0 Å². The van der Waals surface area contributed by atoms with E-state index in [1.165, 1.54) is 16.8 Å². The molecule has 2 heteroatoms. The summed E-state index contributed by atoms with van der Waals surface area (Å²) in [6.45, 7) is 8.86. The van der Waals surface area contributed by atoms with Gasteiger partial charge in [0.05, 0.1) is 0 Å². The lowest BCUT2D eigenvalue weighted by atomic mass is 10.1. The van der Waals surface area contributed by atoms with Crippen LogP contribution in [0.1, 0.15) is 40.5 Å². The van der Waals surface area contributed by atoms with Gasteiger partial charge in [-0.05, 0) is 58.3 Å². The standard InChI is InChI=1S/C14H23NO/c1-11(6-5-9-16)12-7-8-13(10-12)15-14(2,3)4/h7-8,10,15-16H,5-6,9H2,1-4H3. The number of rotatable bonds is 4. The van der Waals surface area contributed by atoms with Gasteiger partial charge in [0, 0.05) is 17.8 Å². The second-order valence-electron chi connectivity index (χ2n) is 5.37. The smallest absolute Gasteiger partial charge is 0.0434 e. The molecule has 16 heavy (non-hydrogen) atoms. The number of allylic oxidation sites excluding steroid dienone is 5. The quantitative estimate of drug-likeness (QED) is 0.765. The van der Waals surface area contributed by atoms with Gasteiger partial charge in [-0.3, -0.25) is 0 Å². The minimum absolute atomic E-state index is 0.102. The third-order valence-corrected chi connectivity index (χ3v) is 2.48. The molecule has 2 N–H and O–H groups in total. The summed E-state index contributed by atoms with van der Waals surface area (Å²) < 4.78 is 0. The summed E-state index contributed by atoms with van der Waals surface area (Å²) in [5.74, 6) is 0. The zero-order valence-electron chi connectivity index (χ0n) is 10.8. The molecule has 0 heterocycles. The first-order chi connectivity index (χ1) is 7.42. The Balaban J connectivity index is 2.65. The van der Waals surface area contributed by atoms with E-state index in [1.54, 1.807) is 0 Å². The number of aliphatic hydroxyl groups excluding tert-OH is 1. The lowest BCUT2D eigenvalue weighted by molar-refractivity contribution is 0.288. The van der Waals surface area contributed by atoms with Gasteiger partial charge in [-0.15, -0.1) is 0 Å². The summed E-state index contributed by atoms with van der Waals surface area (Å²) in [6, 6.07) is 0. The third-order valence-electron chi connectivity index (χ3n) is 2.48. The highest BCUT2D eigenvalue weighted by atomic mass is 16.2. The van der Waals surface area contributed by atoms with E-state index < -0.39 is 0 Å². The van der Waals surface area contributed by atoms with Gasteiger partial charge in [-0.2, -0.15) is 0 Å². The third kappa shape index (κ3) is 4.23. The average molecular weight is 221 g/mol. The molecule has 0 aromatic carbocycles. The summed E-state index contributed by atoms with van der Waals surface area (Å²) in [5, 5.41) is 12.2. The molecule has 0 amide bonds. The van der Waals surface area contributed by atoms with Crippen LogP contribution in [0.25, 0.3) is 0 Å². The van der Waals surface area contributed by atoms with E-state index in [0.717, 1.165) is 12.8 Å². The Bertz CT molecular complexity index is 329. The van der Waals surface area contributed by atoms with Crippen molar-refractivity contribution in [3.63, 3.8) is 0 Å². The highest BCUT2D eigenvalue weighted by Gasteiger charge is 2.12. The van der Waals surface area contributed by atoms with E-state index in [0.29, 0.717) is 0 Å². The topological polar surface area (TPSA) is 32.3 Å². The van der Waals surface area contributed by atoms with E-state index in [1.807, 2.05) is 0 Å². The molecular weight excluding hydrogens is 198 g/mol. The highest BCUT2D eigenvalue weighted by molar-refractivity contribution is 5.47. The lowest BCUT2D eigenvalue weighted by Gasteiger charge is -2.21. The first-order valence-corrected chi connectivity index (χ1v) is 5.91. The molecule has 0 spiro atoms. The Morgan fingerprint density at radius 1 is 1.31 bits per heavy atom. The maximum absolute atomic E-state index is 8.79. The van der Waals surface area contributed by atoms with Crippen molar-refractivity contribution in [3.05, 3.63) is 35.1 Å². The van der Waals surface area contributed by atoms with Crippen molar-refractivity contribution < 1.29 is 5.11 Å². The van der Waals surface area contributed by atoms with Gasteiger partial charge >= 0.3 is 0 Å². The van der Waals surface area contributed by atoms with Crippen molar-refractivity contribution in [2.24, 2.45) is 0 Å². The highest BCUT2D eigenvalue weighted by Crippen LogP contribution is 2.21. The molecular formula is C14H23NO. The van der Waals surface area contributed by atoms with Gasteiger partial charge in [0.1, 0.15) is 0 Å². The van der Waals surface area contributed by atoms with Gasteiger partial charge < -0.3 is 10.4 Å². The molecule has 2 nitrogen and oxygen atoms in total. The van der Waals surface area contributed by atoms with Gasteiger partial charge in [0.15, 0.2) is 0 Å². The van der Waals surface area contributed by atoms with Crippen LogP contribution in [-0.2, 0) is 0 Å². The van der Waals surface area contributed by atoms with Crippen LogP contribution in [-0.4, -0.2) is 17.3 Å². The second-order valence-corrected chi connectivity index (χ2v) is 5.37. The zero-order chi connectivity index (χ0) is 12.2. The molecule has 0 aromatic rings. The van der Waals surface area contributed by atoms with Crippen LogP contribution in [0, 0.1) is 0 Å². The summed E-state index contributed by atoms with van der Waals surface area (Å²) in [6.07, 6.45) is 8.25. The van der Waals surface area contributed by atoms with E-state index in [9.17, 15) is 0 Å². The molecule has 1 rings (SSSR count). The normalized spacial score (nSPS) is 18.7. The molecule has 90 valence electrons. The Labute approximate surface area is 98.8 Å². The van der Waals surface area contributed by atoms with Gasteiger partial charge in [-0.25, -0.2) is 0 Å². The molecule has 0 saturated carbocycles. The fraction of sp³-hybridized carbons (Fsp3) is 0.571. The zero-order valence-corrected chi connectivity index (χ0v) is 10.8. The van der Waals surface area contributed by atoms with E-state index >= 15 is 0 Å². The molecule has 0 bridgehead atoms. The van der Waals surface area contributed by atoms with Crippen molar-refractivity contribution in [1.82, 2.24) is 5.32 Å². The summed E-state index contributed by atoms with van der Waals surface area (Å²) in [7, 11) is 0. The van der Waals surface area contributed by atoms with Gasteiger partial charge in [0.25, 0.3) is 0 Å². The maximum Gasteiger partial charge on any atom is 0.0434 e. The molecule has 0 fully saturated rings. The Hall–Kier alpha value is -1.02. The molecule has 0 radical (unpaired) electrons. The Morgan fingerprint density at radius 2 is 2.00 bits per heavy atom. The van der Waals surface area contributed by atoms with Crippen molar-refractivity contribution in [2.75, 3.05) is 6.61 Å². The van der Waals surface area contributed by atoms with E-state index in [2.05, 4.69) is 51.2 Å². The van der Waals surface area contributed by atoms with Gasteiger partial charge in [-0.1, -0.05) is 11.6 Å². The molecule has 0 saturated heterocycles. The van der Waals surface area contributed by atoms with Crippen LogP contribution in [0.5, 0.6) is 0 Å². The van der Waals surface area contributed by atoms with Crippen LogP contribution in [0.15, 0.2) is 35.1 Å². The molecule has 0 unspecified atom stereocenters. The average Bonchev–Trinajstić information content (AvgIpc) is 2.59. The first-order valence-electron chi connectivity index (χ1n) is 5.91. The van der Waals surface area contributed by atoms with Gasteiger partial charge in [0.2, 0.25) is 0 Å². The van der Waals surface area contributed by atoms with Crippen molar-refractivity contribution in [2.45, 2.75) is 46.1 Å². The molecule has 0 aromatic heterocycles. The minimum atomic E-state index is 0.102. The SMILES string of the molecule is CC(CCCO)=C1C=CC(NC(C)(C)C)=C1. The lowest BCUT2D eigenvalue weighted by Crippen LogP contribution is -2.34. The van der Waals surface area contributed by atoms with Crippen molar-refractivity contribution in [3.8, 4) is 0 Å². The Kier molecular flexibility index (Phi) is 4.36. The van der Waals surface area contributed by atoms with E-state index in [4.69, 9.17) is 5.11 Å². The van der Waals surface area contributed by atoms with E-state index in [-0.39, 0.29) is 12.1 Å². The summed E-state index contributed by atoms with van der Waals surface area (Å²) in [4.78, 5) is 0. The summed E-state index contributed by atoms with van der Waals surface area (Å²) >= 11 is 0. The number of nitrogens with one attached hydrogen (secondary N) is 1. The largest absolute Gasteiger partial charge is 0.396 e. The van der Waals surface area contributed by atoms with Crippen molar-refractivity contribution >= 4 is 0 Å². The summed E-state index contributed by atoms with van der Waals surface area (Å²) in [5.41, 5.74) is 3.90.